The van der Waals surface area contributed by atoms with Crippen molar-refractivity contribution in [1.29, 1.82) is 0 Å². The van der Waals surface area contributed by atoms with Crippen LogP contribution in [-0.4, -0.2) is 14.5 Å². The lowest BCUT2D eigenvalue weighted by atomic mass is 10.4. The highest BCUT2D eigenvalue weighted by Crippen LogP contribution is 2.35. The molecular formula is C10H11BrO3S. The Labute approximate surface area is 97.7 Å². The van der Waals surface area contributed by atoms with E-state index in [0.29, 0.717) is 5.92 Å². The molecule has 1 aromatic carbocycles. The quantitative estimate of drug-likeness (QED) is 0.804. The van der Waals surface area contributed by atoms with Crippen LogP contribution in [0.5, 0.6) is 0 Å². The second kappa shape index (κ2) is 3.88. The van der Waals surface area contributed by atoms with Gasteiger partial charge in [0.2, 0.25) is 0 Å². The van der Waals surface area contributed by atoms with Crippen LogP contribution in [0.4, 0.5) is 0 Å². The SMILES string of the molecule is C[C@H]1C[C@@H]1OS(=O)(=O)c1ccc(Br)cc1. The van der Waals surface area contributed by atoms with E-state index in [9.17, 15) is 8.42 Å². The van der Waals surface area contributed by atoms with Crippen LogP contribution in [0.15, 0.2) is 33.6 Å². The molecule has 2 rings (SSSR count). The van der Waals surface area contributed by atoms with Gasteiger partial charge in [-0.05, 0) is 36.6 Å². The van der Waals surface area contributed by atoms with Crippen molar-refractivity contribution in [2.45, 2.75) is 24.3 Å². The molecule has 1 saturated carbocycles. The van der Waals surface area contributed by atoms with Crippen LogP contribution in [0.1, 0.15) is 13.3 Å². The first-order valence-electron chi connectivity index (χ1n) is 4.68. The molecule has 1 fully saturated rings. The first-order valence-corrected chi connectivity index (χ1v) is 6.88. The Morgan fingerprint density at radius 3 is 2.33 bits per heavy atom. The van der Waals surface area contributed by atoms with Gasteiger partial charge in [-0.25, -0.2) is 0 Å². The van der Waals surface area contributed by atoms with Crippen molar-refractivity contribution >= 4 is 26.0 Å². The Hall–Kier alpha value is -0.390. The van der Waals surface area contributed by atoms with Crippen LogP contribution in [0.3, 0.4) is 0 Å². The Bertz CT molecular complexity index is 452. The summed E-state index contributed by atoms with van der Waals surface area (Å²) in [5.41, 5.74) is 0. The van der Waals surface area contributed by atoms with Crippen LogP contribution in [0.25, 0.3) is 0 Å². The third-order valence-electron chi connectivity index (χ3n) is 2.39. The van der Waals surface area contributed by atoms with E-state index >= 15 is 0 Å². The zero-order valence-electron chi connectivity index (χ0n) is 8.18. The molecule has 0 unspecified atom stereocenters. The molecule has 0 saturated heterocycles. The number of hydrogen-bond acceptors (Lipinski definition) is 3. The van der Waals surface area contributed by atoms with Gasteiger partial charge in [0.05, 0.1) is 11.0 Å². The lowest BCUT2D eigenvalue weighted by Crippen LogP contribution is -2.08. The largest absolute Gasteiger partial charge is 0.297 e. The molecule has 0 bridgehead atoms. The maximum Gasteiger partial charge on any atom is 0.297 e. The van der Waals surface area contributed by atoms with Crippen molar-refractivity contribution in [2.24, 2.45) is 5.92 Å². The number of hydrogen-bond donors (Lipinski definition) is 0. The highest BCUT2D eigenvalue weighted by Gasteiger charge is 2.38. The van der Waals surface area contributed by atoms with E-state index in [4.69, 9.17) is 4.18 Å². The zero-order chi connectivity index (χ0) is 11.1. The maximum atomic E-state index is 11.7. The Kier molecular flexibility index (Phi) is 2.87. The van der Waals surface area contributed by atoms with Gasteiger partial charge >= 0.3 is 0 Å². The summed E-state index contributed by atoms with van der Waals surface area (Å²) in [4.78, 5) is 0.213. The fraction of sp³-hybridized carbons (Fsp3) is 0.400. The van der Waals surface area contributed by atoms with Crippen LogP contribution >= 0.6 is 15.9 Å². The van der Waals surface area contributed by atoms with Gasteiger partial charge in [-0.15, -0.1) is 0 Å². The summed E-state index contributed by atoms with van der Waals surface area (Å²) in [5.74, 6) is 0.357. The van der Waals surface area contributed by atoms with Gasteiger partial charge < -0.3 is 0 Å². The first-order chi connectivity index (χ1) is 6.99. The van der Waals surface area contributed by atoms with Crippen molar-refractivity contribution in [3.05, 3.63) is 28.7 Å². The predicted octanol–water partition coefficient (Wildman–Crippen LogP) is 2.56. The van der Waals surface area contributed by atoms with Gasteiger partial charge in [-0.3, -0.25) is 4.18 Å². The molecule has 5 heteroatoms. The van der Waals surface area contributed by atoms with Crippen molar-refractivity contribution in [3.8, 4) is 0 Å². The molecule has 2 atom stereocenters. The molecule has 15 heavy (non-hydrogen) atoms. The molecule has 0 aromatic heterocycles. The van der Waals surface area contributed by atoms with Gasteiger partial charge in [0.15, 0.2) is 0 Å². The van der Waals surface area contributed by atoms with Crippen molar-refractivity contribution < 1.29 is 12.6 Å². The molecule has 1 aromatic rings. The van der Waals surface area contributed by atoms with Crippen LogP contribution in [0, 0.1) is 5.92 Å². The highest BCUT2D eigenvalue weighted by molar-refractivity contribution is 9.10. The molecule has 0 spiro atoms. The second-order valence-electron chi connectivity index (χ2n) is 3.76. The number of rotatable bonds is 3. The van der Waals surface area contributed by atoms with Crippen molar-refractivity contribution in [3.63, 3.8) is 0 Å². The molecule has 0 aliphatic heterocycles. The van der Waals surface area contributed by atoms with E-state index in [2.05, 4.69) is 15.9 Å². The number of benzene rings is 1. The molecule has 0 N–H and O–H groups in total. The van der Waals surface area contributed by atoms with Crippen LogP contribution in [0.2, 0.25) is 0 Å². The highest BCUT2D eigenvalue weighted by atomic mass is 79.9. The normalized spacial score (nSPS) is 25.2. The fourth-order valence-corrected chi connectivity index (χ4v) is 2.68. The Balaban J connectivity index is 2.18. The summed E-state index contributed by atoms with van der Waals surface area (Å²) in [5, 5.41) is 0. The molecule has 1 aliphatic rings. The van der Waals surface area contributed by atoms with Crippen LogP contribution in [-0.2, 0) is 14.3 Å². The third-order valence-corrected chi connectivity index (χ3v) is 4.27. The third kappa shape index (κ3) is 2.59. The van der Waals surface area contributed by atoms with E-state index in [0.717, 1.165) is 10.9 Å². The van der Waals surface area contributed by atoms with Gasteiger partial charge in [0.1, 0.15) is 0 Å². The van der Waals surface area contributed by atoms with Gasteiger partial charge in [0, 0.05) is 4.47 Å². The van der Waals surface area contributed by atoms with E-state index in [1.54, 1.807) is 12.1 Å². The lowest BCUT2D eigenvalue weighted by molar-refractivity contribution is 0.291. The van der Waals surface area contributed by atoms with Crippen molar-refractivity contribution in [2.75, 3.05) is 0 Å². The Morgan fingerprint density at radius 1 is 1.33 bits per heavy atom. The molecular weight excluding hydrogens is 280 g/mol. The standard InChI is InChI=1S/C10H11BrO3S/c1-7-6-10(7)14-15(12,13)9-4-2-8(11)3-5-9/h2-5,7,10H,6H2,1H3/t7-,10-/m0/s1. The molecule has 0 heterocycles. The minimum absolute atomic E-state index is 0.126. The molecule has 1 aliphatic carbocycles. The lowest BCUT2D eigenvalue weighted by Gasteiger charge is -2.04. The van der Waals surface area contributed by atoms with Gasteiger partial charge in [0.25, 0.3) is 10.1 Å². The first kappa shape index (κ1) is 11.1. The maximum absolute atomic E-state index is 11.7. The second-order valence-corrected chi connectivity index (χ2v) is 6.24. The monoisotopic (exact) mass is 290 g/mol. The van der Waals surface area contributed by atoms with E-state index < -0.39 is 10.1 Å². The summed E-state index contributed by atoms with van der Waals surface area (Å²) in [6.45, 7) is 1.97. The summed E-state index contributed by atoms with van der Waals surface area (Å²) in [7, 11) is -3.57. The predicted molar refractivity (Wildman–Crippen MR) is 60.0 cm³/mol. The minimum Gasteiger partial charge on any atom is -0.263 e. The number of halogens is 1. The van der Waals surface area contributed by atoms with E-state index in [1.807, 2.05) is 6.92 Å². The average molecular weight is 291 g/mol. The average Bonchev–Trinajstić information content (AvgIpc) is 2.81. The zero-order valence-corrected chi connectivity index (χ0v) is 10.6. The summed E-state index contributed by atoms with van der Waals surface area (Å²) in [6, 6.07) is 6.44. The van der Waals surface area contributed by atoms with Crippen LogP contribution < -0.4 is 0 Å². The minimum atomic E-state index is -3.57. The van der Waals surface area contributed by atoms with Gasteiger partial charge in [-0.2, -0.15) is 8.42 Å². The Morgan fingerprint density at radius 2 is 1.87 bits per heavy atom. The molecule has 0 amide bonds. The van der Waals surface area contributed by atoms with Gasteiger partial charge in [-0.1, -0.05) is 22.9 Å². The van der Waals surface area contributed by atoms with Crippen molar-refractivity contribution in [1.82, 2.24) is 0 Å². The topological polar surface area (TPSA) is 43.4 Å². The van der Waals surface area contributed by atoms with E-state index in [-0.39, 0.29) is 11.0 Å². The molecule has 0 radical (unpaired) electrons. The smallest absolute Gasteiger partial charge is 0.263 e. The summed E-state index contributed by atoms with van der Waals surface area (Å²) < 4.78 is 29.3. The summed E-state index contributed by atoms with van der Waals surface area (Å²) in [6.07, 6.45) is 0.703. The molecule has 82 valence electrons. The van der Waals surface area contributed by atoms with E-state index in [1.165, 1.54) is 12.1 Å². The fourth-order valence-electron chi connectivity index (χ4n) is 1.24. The summed E-state index contributed by atoms with van der Waals surface area (Å²) >= 11 is 3.25. The molecule has 3 nitrogen and oxygen atoms in total.